The van der Waals surface area contributed by atoms with Crippen molar-refractivity contribution in [1.82, 2.24) is 0 Å². The highest BCUT2D eigenvalue weighted by atomic mass is 32.2. The lowest BCUT2D eigenvalue weighted by Gasteiger charge is -2.05. The zero-order chi connectivity index (χ0) is 15.2. The van der Waals surface area contributed by atoms with Gasteiger partial charge >= 0.3 is 0 Å². The van der Waals surface area contributed by atoms with Gasteiger partial charge in [-0.25, -0.2) is 4.99 Å². The summed E-state index contributed by atoms with van der Waals surface area (Å²) in [6.07, 6.45) is 0. The molecule has 0 heterocycles. The summed E-state index contributed by atoms with van der Waals surface area (Å²) < 4.78 is 0. The minimum Gasteiger partial charge on any atom is -0.378 e. The lowest BCUT2D eigenvalue weighted by atomic mass is 10.1. The van der Waals surface area contributed by atoms with Gasteiger partial charge in [0.05, 0.1) is 17.3 Å². The SMILES string of the molecule is Cc1ccc(C)c(N=C(N)SCc2ccc(C#N)cc2)c1. The quantitative estimate of drug-likeness (QED) is 0.686. The standard InChI is InChI=1S/C17H17N3S/c1-12-3-4-13(2)16(9-12)20-17(19)21-11-15-7-5-14(10-18)6-8-15/h3-9H,11H2,1-2H3,(H2,19,20). The number of aryl methyl sites for hydroxylation is 2. The van der Waals surface area contributed by atoms with Crippen molar-refractivity contribution in [2.45, 2.75) is 19.6 Å². The molecule has 0 atom stereocenters. The Labute approximate surface area is 129 Å². The van der Waals surface area contributed by atoms with E-state index in [1.807, 2.05) is 50.2 Å². The van der Waals surface area contributed by atoms with E-state index in [0.29, 0.717) is 10.7 Å². The molecule has 4 heteroatoms. The molecule has 0 saturated carbocycles. The monoisotopic (exact) mass is 295 g/mol. The summed E-state index contributed by atoms with van der Waals surface area (Å²) in [5.41, 5.74) is 11.0. The van der Waals surface area contributed by atoms with E-state index in [-0.39, 0.29) is 0 Å². The van der Waals surface area contributed by atoms with Crippen molar-refractivity contribution in [2.24, 2.45) is 10.7 Å². The lowest BCUT2D eigenvalue weighted by molar-refractivity contribution is 1.35. The number of nitrogens with two attached hydrogens (primary N) is 1. The second-order valence-electron chi connectivity index (χ2n) is 4.84. The first-order valence-electron chi connectivity index (χ1n) is 6.62. The van der Waals surface area contributed by atoms with Gasteiger partial charge in [-0.2, -0.15) is 5.26 Å². The van der Waals surface area contributed by atoms with Crippen molar-refractivity contribution in [2.75, 3.05) is 0 Å². The molecule has 0 aliphatic carbocycles. The molecule has 0 spiro atoms. The molecule has 3 nitrogen and oxygen atoms in total. The van der Waals surface area contributed by atoms with Crippen molar-refractivity contribution < 1.29 is 0 Å². The van der Waals surface area contributed by atoms with Gasteiger partial charge in [0.2, 0.25) is 0 Å². The van der Waals surface area contributed by atoms with Gasteiger partial charge in [0.25, 0.3) is 0 Å². The molecule has 2 aromatic rings. The van der Waals surface area contributed by atoms with Crippen LogP contribution in [0.1, 0.15) is 22.3 Å². The first kappa shape index (κ1) is 15.1. The second-order valence-corrected chi connectivity index (χ2v) is 5.83. The molecule has 0 amide bonds. The van der Waals surface area contributed by atoms with Crippen molar-refractivity contribution in [3.05, 3.63) is 64.7 Å². The van der Waals surface area contributed by atoms with Crippen LogP contribution in [0.25, 0.3) is 0 Å². The number of benzene rings is 2. The Morgan fingerprint density at radius 2 is 1.90 bits per heavy atom. The third-order valence-corrected chi connectivity index (χ3v) is 3.93. The van der Waals surface area contributed by atoms with Crippen LogP contribution < -0.4 is 5.73 Å². The highest BCUT2D eigenvalue weighted by molar-refractivity contribution is 8.13. The van der Waals surface area contributed by atoms with E-state index in [0.717, 1.165) is 22.6 Å². The van der Waals surface area contributed by atoms with Gasteiger partial charge in [0, 0.05) is 5.75 Å². The number of thioether (sulfide) groups is 1. The molecule has 0 aliphatic rings. The number of amidine groups is 1. The third kappa shape index (κ3) is 4.37. The summed E-state index contributed by atoms with van der Waals surface area (Å²) in [5, 5.41) is 9.31. The number of nitriles is 1. The van der Waals surface area contributed by atoms with E-state index < -0.39 is 0 Å². The van der Waals surface area contributed by atoms with Gasteiger partial charge < -0.3 is 5.73 Å². The smallest absolute Gasteiger partial charge is 0.159 e. The highest BCUT2D eigenvalue weighted by Crippen LogP contribution is 2.22. The Morgan fingerprint density at radius 3 is 2.57 bits per heavy atom. The molecule has 2 rings (SSSR count). The van der Waals surface area contributed by atoms with Crippen LogP contribution in [0.2, 0.25) is 0 Å². The molecule has 0 unspecified atom stereocenters. The van der Waals surface area contributed by atoms with Gasteiger partial charge in [-0.05, 0) is 48.7 Å². The minimum absolute atomic E-state index is 0.549. The average Bonchev–Trinajstić information content (AvgIpc) is 2.49. The van der Waals surface area contributed by atoms with Gasteiger partial charge in [0.15, 0.2) is 5.17 Å². The topological polar surface area (TPSA) is 62.2 Å². The fourth-order valence-corrected chi connectivity index (χ4v) is 2.49. The summed E-state index contributed by atoms with van der Waals surface area (Å²) in [4.78, 5) is 4.47. The van der Waals surface area contributed by atoms with Crippen LogP contribution in [0.3, 0.4) is 0 Å². The van der Waals surface area contributed by atoms with Crippen LogP contribution in [-0.2, 0) is 5.75 Å². The molecular formula is C17H17N3S. The third-order valence-electron chi connectivity index (χ3n) is 3.07. The highest BCUT2D eigenvalue weighted by Gasteiger charge is 2.01. The zero-order valence-corrected chi connectivity index (χ0v) is 12.9. The molecule has 2 aromatic carbocycles. The maximum Gasteiger partial charge on any atom is 0.159 e. The van der Waals surface area contributed by atoms with Gasteiger partial charge in [-0.1, -0.05) is 36.0 Å². The summed E-state index contributed by atoms with van der Waals surface area (Å²) in [6.45, 7) is 4.06. The predicted octanol–water partition coefficient (Wildman–Crippen LogP) is 4.05. The average molecular weight is 295 g/mol. The Hall–Kier alpha value is -2.25. The first-order valence-corrected chi connectivity index (χ1v) is 7.60. The molecule has 0 fully saturated rings. The Kier molecular flexibility index (Phi) is 5.02. The lowest BCUT2D eigenvalue weighted by Crippen LogP contribution is -2.06. The van der Waals surface area contributed by atoms with E-state index in [2.05, 4.69) is 17.1 Å². The van der Waals surface area contributed by atoms with Crippen LogP contribution in [-0.4, -0.2) is 5.17 Å². The maximum absolute atomic E-state index is 8.76. The number of hydrogen-bond acceptors (Lipinski definition) is 3. The van der Waals surface area contributed by atoms with Crippen LogP contribution in [0, 0.1) is 25.2 Å². The largest absolute Gasteiger partial charge is 0.378 e. The van der Waals surface area contributed by atoms with E-state index in [1.165, 1.54) is 17.3 Å². The van der Waals surface area contributed by atoms with Crippen molar-refractivity contribution >= 4 is 22.6 Å². The minimum atomic E-state index is 0.549. The zero-order valence-electron chi connectivity index (χ0n) is 12.1. The molecule has 2 N–H and O–H groups in total. The number of aliphatic imine (C=N–C) groups is 1. The summed E-state index contributed by atoms with van der Waals surface area (Å²) in [5.74, 6) is 0.742. The maximum atomic E-state index is 8.76. The van der Waals surface area contributed by atoms with E-state index >= 15 is 0 Å². The molecule has 0 saturated heterocycles. The molecular weight excluding hydrogens is 278 g/mol. The first-order chi connectivity index (χ1) is 10.1. The van der Waals surface area contributed by atoms with E-state index in [9.17, 15) is 0 Å². The summed E-state index contributed by atoms with van der Waals surface area (Å²) >= 11 is 1.50. The Morgan fingerprint density at radius 1 is 1.19 bits per heavy atom. The molecule has 106 valence electrons. The van der Waals surface area contributed by atoms with Crippen molar-refractivity contribution in [3.8, 4) is 6.07 Å². The number of rotatable bonds is 3. The predicted molar refractivity (Wildman–Crippen MR) is 89.7 cm³/mol. The molecule has 0 aromatic heterocycles. The van der Waals surface area contributed by atoms with Gasteiger partial charge in [-0.15, -0.1) is 0 Å². The Bertz CT molecular complexity index is 697. The van der Waals surface area contributed by atoms with Crippen molar-refractivity contribution in [1.29, 1.82) is 5.26 Å². The van der Waals surface area contributed by atoms with E-state index in [4.69, 9.17) is 11.0 Å². The van der Waals surface area contributed by atoms with Crippen LogP contribution in [0.5, 0.6) is 0 Å². The summed E-state index contributed by atoms with van der Waals surface area (Å²) in [7, 11) is 0. The molecule has 0 aliphatic heterocycles. The Balaban J connectivity index is 2.03. The fourth-order valence-electron chi connectivity index (χ4n) is 1.82. The second kappa shape index (κ2) is 6.96. The van der Waals surface area contributed by atoms with Gasteiger partial charge in [0.1, 0.15) is 0 Å². The molecule has 21 heavy (non-hydrogen) atoms. The van der Waals surface area contributed by atoms with Gasteiger partial charge in [-0.3, -0.25) is 0 Å². The molecule has 0 radical (unpaired) electrons. The molecule has 0 bridgehead atoms. The van der Waals surface area contributed by atoms with Crippen molar-refractivity contribution in [3.63, 3.8) is 0 Å². The van der Waals surface area contributed by atoms with Crippen LogP contribution >= 0.6 is 11.8 Å². The normalized spacial score (nSPS) is 11.2. The van der Waals surface area contributed by atoms with E-state index in [1.54, 1.807) is 0 Å². The van der Waals surface area contributed by atoms with Crippen LogP contribution in [0.15, 0.2) is 47.5 Å². The number of nitrogens with zero attached hydrogens (tertiary/aromatic N) is 2. The fraction of sp³-hybridized carbons (Fsp3) is 0.176. The van der Waals surface area contributed by atoms with Crippen LogP contribution in [0.4, 0.5) is 5.69 Å². The number of hydrogen-bond donors (Lipinski definition) is 1. The summed E-state index contributed by atoms with van der Waals surface area (Å²) in [6, 6.07) is 15.8.